The molecule has 58 heavy (non-hydrogen) atoms. The van der Waals surface area contributed by atoms with Gasteiger partial charge in [-0.05, 0) is 101 Å². The fraction of sp³-hybridized carbons (Fsp3) is 0.0357. The lowest BCUT2D eigenvalue weighted by Gasteiger charge is -2.29. The molecule has 2 aliphatic rings. The van der Waals surface area contributed by atoms with Gasteiger partial charge >= 0.3 is 0 Å². The van der Waals surface area contributed by atoms with E-state index in [0.717, 1.165) is 0 Å². The topological polar surface area (TPSA) is 0 Å². The number of fused-ring (bicyclic) bond motifs is 12. The van der Waals surface area contributed by atoms with E-state index in [2.05, 4.69) is 194 Å². The van der Waals surface area contributed by atoms with Crippen LogP contribution in [0.5, 0.6) is 0 Å². The molecule has 2 heterocycles. The maximum atomic E-state index is 2.44. The molecule has 2 aliphatic carbocycles. The van der Waals surface area contributed by atoms with E-state index in [9.17, 15) is 0 Å². The summed E-state index contributed by atoms with van der Waals surface area (Å²) in [6.45, 7) is 0. The number of allylic oxidation sites excluding steroid dienone is 8. The van der Waals surface area contributed by atoms with Crippen molar-refractivity contribution in [3.8, 4) is 22.3 Å². The summed E-state index contributed by atoms with van der Waals surface area (Å²) in [5, 5.41) is 15.8. The molecule has 0 saturated heterocycles. The minimum atomic E-state index is 0.321. The predicted molar refractivity (Wildman–Crippen MR) is 255 cm³/mol. The van der Waals surface area contributed by atoms with E-state index < -0.39 is 0 Å². The summed E-state index contributed by atoms with van der Waals surface area (Å²) in [6.07, 6.45) is 16.1. The molecular formula is C56H34S2. The van der Waals surface area contributed by atoms with Gasteiger partial charge in [0.25, 0.3) is 0 Å². The molecular weight excluding hydrogens is 737 g/mol. The van der Waals surface area contributed by atoms with E-state index in [1.807, 2.05) is 22.7 Å². The van der Waals surface area contributed by atoms with Gasteiger partial charge in [0.15, 0.2) is 0 Å². The molecule has 0 bridgehead atoms. The Kier molecular flexibility index (Phi) is 6.98. The van der Waals surface area contributed by atoms with E-state index >= 15 is 0 Å². The van der Waals surface area contributed by atoms with Gasteiger partial charge in [-0.25, -0.2) is 0 Å². The second-order valence-electron chi connectivity index (χ2n) is 15.9. The van der Waals surface area contributed by atoms with Gasteiger partial charge in [0.05, 0.1) is 0 Å². The van der Waals surface area contributed by atoms with Crippen LogP contribution in [0, 0.1) is 11.8 Å². The first-order valence-electron chi connectivity index (χ1n) is 20.2. The van der Waals surface area contributed by atoms with Crippen LogP contribution in [0.2, 0.25) is 0 Å². The maximum Gasteiger partial charge on any atom is 0.0434 e. The average Bonchev–Trinajstić information content (AvgIpc) is 3.85. The summed E-state index contributed by atoms with van der Waals surface area (Å²) in [6, 6.07) is 57.4. The fourth-order valence-corrected chi connectivity index (χ4v) is 12.5. The Morgan fingerprint density at radius 1 is 0.362 bits per heavy atom. The monoisotopic (exact) mass is 770 g/mol. The molecule has 0 spiro atoms. The highest BCUT2D eigenvalue weighted by Gasteiger charge is 2.28. The normalized spacial score (nSPS) is 16.5. The third kappa shape index (κ3) is 4.68. The maximum absolute atomic E-state index is 2.44. The zero-order valence-corrected chi connectivity index (χ0v) is 33.1. The molecule has 2 unspecified atom stereocenters. The summed E-state index contributed by atoms with van der Waals surface area (Å²) in [7, 11) is 0. The van der Waals surface area contributed by atoms with Crippen molar-refractivity contribution < 1.29 is 0 Å². The Morgan fingerprint density at radius 3 is 1.78 bits per heavy atom. The number of hydrogen-bond acceptors (Lipinski definition) is 2. The number of rotatable bonds is 3. The molecule has 11 aromatic rings. The van der Waals surface area contributed by atoms with E-state index in [1.54, 1.807) is 0 Å². The zero-order valence-electron chi connectivity index (χ0n) is 31.4. The Bertz CT molecular complexity index is 3640. The van der Waals surface area contributed by atoms with Crippen LogP contribution < -0.4 is 0 Å². The molecule has 2 aromatic heterocycles. The highest BCUT2D eigenvalue weighted by Crippen LogP contribution is 2.49. The molecule has 2 heteroatoms. The van der Waals surface area contributed by atoms with Gasteiger partial charge in [0, 0.05) is 57.6 Å². The molecule has 0 nitrogen and oxygen atoms in total. The largest absolute Gasteiger partial charge is 0.135 e. The molecule has 0 fully saturated rings. The molecule has 0 amide bonds. The summed E-state index contributed by atoms with van der Waals surface area (Å²) < 4.78 is 5.41. The van der Waals surface area contributed by atoms with Gasteiger partial charge in [-0.3, -0.25) is 0 Å². The predicted octanol–water partition coefficient (Wildman–Crippen LogP) is 16.7. The minimum absolute atomic E-state index is 0.321. The zero-order chi connectivity index (χ0) is 37.9. The first kappa shape index (κ1) is 32.5. The number of thiophene rings is 2. The van der Waals surface area contributed by atoms with Crippen molar-refractivity contribution >= 4 is 112 Å². The van der Waals surface area contributed by atoms with Crippen molar-refractivity contribution in [1.29, 1.82) is 0 Å². The van der Waals surface area contributed by atoms with Crippen LogP contribution in [-0.2, 0) is 0 Å². The van der Waals surface area contributed by atoms with Gasteiger partial charge in [-0.15, -0.1) is 22.7 Å². The van der Waals surface area contributed by atoms with Crippen molar-refractivity contribution in [3.63, 3.8) is 0 Å². The SMILES string of the molecule is C1=CC2C=CC=C(c3c4ccccc4c(-c4ccc(-c5ccc6sc7c8cc9sc%10ccccc%10c9cc8ccc7c6c5)c5ccccc45)c4ccccc34)C2C=C1. The van der Waals surface area contributed by atoms with Crippen molar-refractivity contribution in [2.45, 2.75) is 0 Å². The van der Waals surface area contributed by atoms with Crippen LogP contribution in [0.1, 0.15) is 5.56 Å². The molecule has 0 aliphatic heterocycles. The quantitative estimate of drug-likeness (QED) is 0.157. The third-order valence-electron chi connectivity index (χ3n) is 12.8. The van der Waals surface area contributed by atoms with Gasteiger partial charge in [-0.1, -0.05) is 164 Å². The first-order chi connectivity index (χ1) is 28.8. The molecule has 0 saturated carbocycles. The lowest BCUT2D eigenvalue weighted by molar-refractivity contribution is 0.679. The fourth-order valence-electron chi connectivity index (χ4n) is 10.2. The Balaban J connectivity index is 0.999. The van der Waals surface area contributed by atoms with E-state index in [1.165, 1.54) is 117 Å². The second kappa shape index (κ2) is 12.5. The molecule has 9 aromatic carbocycles. The highest BCUT2D eigenvalue weighted by molar-refractivity contribution is 7.27. The van der Waals surface area contributed by atoms with Crippen molar-refractivity contribution in [2.75, 3.05) is 0 Å². The minimum Gasteiger partial charge on any atom is -0.135 e. The van der Waals surface area contributed by atoms with Gasteiger partial charge in [0.1, 0.15) is 0 Å². The summed E-state index contributed by atoms with van der Waals surface area (Å²) in [5.74, 6) is 0.698. The van der Waals surface area contributed by atoms with Gasteiger partial charge in [0.2, 0.25) is 0 Å². The lowest BCUT2D eigenvalue weighted by atomic mass is 9.74. The molecule has 2 atom stereocenters. The molecule has 270 valence electrons. The van der Waals surface area contributed by atoms with Crippen LogP contribution in [0.15, 0.2) is 194 Å². The van der Waals surface area contributed by atoms with E-state index in [0.29, 0.717) is 11.8 Å². The standard InChI is InChI=1S/C56H34S2/c1-2-14-36-33(12-1)13-11-22-41(36)54-42-18-5-7-20-44(42)55(45-21-8-6-19-43(45)54)46-28-27-37(38-15-3-4-16-39(38)46)34-25-29-52-50(30-34)47-26-24-35-31-49-40-17-9-10-23-51(40)57-53(49)32-48(35)56(47)58-52/h1-33,36H. The number of hydrogen-bond donors (Lipinski definition) is 0. The molecule has 13 rings (SSSR count). The van der Waals surface area contributed by atoms with Crippen molar-refractivity contribution in [3.05, 3.63) is 200 Å². The molecule has 0 N–H and O–H groups in total. The highest BCUT2D eigenvalue weighted by atomic mass is 32.1. The smallest absolute Gasteiger partial charge is 0.0434 e. The lowest BCUT2D eigenvalue weighted by Crippen LogP contribution is -2.15. The van der Waals surface area contributed by atoms with Crippen molar-refractivity contribution in [2.24, 2.45) is 11.8 Å². The first-order valence-corrected chi connectivity index (χ1v) is 21.8. The summed E-state index contributed by atoms with van der Waals surface area (Å²) >= 11 is 3.82. The third-order valence-corrected chi connectivity index (χ3v) is 15.2. The summed E-state index contributed by atoms with van der Waals surface area (Å²) in [5.41, 5.74) is 7.84. The summed E-state index contributed by atoms with van der Waals surface area (Å²) in [4.78, 5) is 0. The Hall–Kier alpha value is -6.58. The van der Waals surface area contributed by atoms with Gasteiger partial charge < -0.3 is 0 Å². The average molecular weight is 771 g/mol. The van der Waals surface area contributed by atoms with E-state index in [4.69, 9.17) is 0 Å². The Labute approximate surface area is 343 Å². The van der Waals surface area contributed by atoms with E-state index in [-0.39, 0.29) is 0 Å². The van der Waals surface area contributed by atoms with Crippen LogP contribution in [-0.4, -0.2) is 0 Å². The van der Waals surface area contributed by atoms with Crippen LogP contribution >= 0.6 is 22.7 Å². The van der Waals surface area contributed by atoms with Crippen molar-refractivity contribution in [1.82, 2.24) is 0 Å². The Morgan fingerprint density at radius 2 is 0.983 bits per heavy atom. The van der Waals surface area contributed by atoms with Crippen LogP contribution in [0.25, 0.3) is 111 Å². The van der Waals surface area contributed by atoms with Gasteiger partial charge in [-0.2, -0.15) is 0 Å². The van der Waals surface area contributed by atoms with Crippen LogP contribution in [0.4, 0.5) is 0 Å². The number of benzene rings is 9. The second-order valence-corrected chi connectivity index (χ2v) is 18.0. The molecule has 0 radical (unpaired) electrons. The van der Waals surface area contributed by atoms with Crippen LogP contribution in [0.3, 0.4) is 0 Å².